The molecule has 14 nitrogen and oxygen atoms in total. The zero-order chi connectivity index (χ0) is 33.0. The number of imide groups is 1. The van der Waals surface area contributed by atoms with Crippen LogP contribution >= 0.6 is 35.8 Å². The van der Waals surface area contributed by atoms with Gasteiger partial charge < -0.3 is 31.7 Å². The minimum Gasteiger partial charge on any atom is -0.481 e. The quantitative estimate of drug-likeness (QED) is 0.0861. The summed E-state index contributed by atoms with van der Waals surface area (Å²) in [7, 11) is 0. The van der Waals surface area contributed by atoms with E-state index < -0.39 is 78.5 Å². The van der Waals surface area contributed by atoms with Crippen LogP contribution in [0.1, 0.15) is 45.1 Å². The van der Waals surface area contributed by atoms with Crippen molar-refractivity contribution in [1.29, 1.82) is 0 Å². The Hall–Kier alpha value is -3.56. The second-order valence-electron chi connectivity index (χ2n) is 10.5. The number of rotatable bonds is 17. The van der Waals surface area contributed by atoms with Crippen molar-refractivity contribution in [3.8, 4) is 0 Å². The van der Waals surface area contributed by atoms with Gasteiger partial charge in [-0.1, -0.05) is 43.1 Å². The number of carbonyl (C=O) groups is 7. The number of hydrogen-bond donors (Lipinski definition) is 8. The molecule has 0 aromatic heterocycles. The maximum Gasteiger partial charge on any atom is 0.322 e. The molecule has 0 saturated carbocycles. The van der Waals surface area contributed by atoms with Crippen molar-refractivity contribution in [1.82, 2.24) is 31.9 Å². The molecule has 0 spiro atoms. The van der Waals surface area contributed by atoms with Gasteiger partial charge in [-0.2, -0.15) is 12.6 Å². The third kappa shape index (κ3) is 12.2. The van der Waals surface area contributed by atoms with Gasteiger partial charge in [0.15, 0.2) is 0 Å². The number of hydrogen-bond acceptors (Lipinski definition) is 8. The first kappa shape index (κ1) is 36.6. The van der Waals surface area contributed by atoms with Gasteiger partial charge in [0, 0.05) is 28.8 Å². The first-order valence-electron chi connectivity index (χ1n) is 13.8. The van der Waals surface area contributed by atoms with E-state index in [-0.39, 0.29) is 31.1 Å². The lowest BCUT2D eigenvalue weighted by atomic mass is 10.0. The summed E-state index contributed by atoms with van der Waals surface area (Å²) < 4.78 is 0. The highest BCUT2D eigenvalue weighted by Gasteiger charge is 2.34. The number of carboxylic acids is 1. The van der Waals surface area contributed by atoms with E-state index in [0.717, 1.165) is 5.56 Å². The van der Waals surface area contributed by atoms with Crippen LogP contribution in [0.2, 0.25) is 10.0 Å². The standard InChI is InChI=1S/C27H36Cl2N6O8S/c1-13(2)9-18(25(41)33-20(12-44)23(39)30-8-7-14-3-4-15(28)10-16(14)29)32-24(40)17(5-6-22(37)38)31-21(36)11-19-26(42)35-27(43)34-19/h3-4,10,13,17-20,44H,5-9,11-12H2,1-2H3,(H,30,39)(H,31,36)(H,32,40)(H,33,41)(H,37,38)(H2,34,35,42,43)/t17-,18-,19?,20-/m0/s1. The Balaban J connectivity index is 2.04. The van der Waals surface area contributed by atoms with Gasteiger partial charge in [-0.15, -0.1) is 0 Å². The van der Waals surface area contributed by atoms with Crippen LogP contribution in [0.5, 0.6) is 0 Å². The highest BCUT2D eigenvalue weighted by molar-refractivity contribution is 7.80. The van der Waals surface area contributed by atoms with Crippen LogP contribution in [0.25, 0.3) is 0 Å². The number of halogens is 2. The highest BCUT2D eigenvalue weighted by Crippen LogP contribution is 2.21. The average Bonchev–Trinajstić information content (AvgIpc) is 3.25. The smallest absolute Gasteiger partial charge is 0.322 e. The molecular formula is C27H36Cl2N6O8S. The van der Waals surface area contributed by atoms with Gasteiger partial charge in [-0.25, -0.2) is 4.79 Å². The molecule has 7 amide bonds. The number of amides is 7. The van der Waals surface area contributed by atoms with Gasteiger partial charge in [0.25, 0.3) is 5.91 Å². The van der Waals surface area contributed by atoms with E-state index in [1.165, 1.54) is 0 Å². The van der Waals surface area contributed by atoms with Gasteiger partial charge in [0.2, 0.25) is 23.6 Å². The predicted octanol–water partition coefficient (Wildman–Crippen LogP) is 0.545. The van der Waals surface area contributed by atoms with Gasteiger partial charge in [-0.05, 0) is 42.9 Å². The average molecular weight is 676 g/mol. The number of nitrogens with one attached hydrogen (secondary N) is 6. The van der Waals surface area contributed by atoms with Crippen LogP contribution in [0.3, 0.4) is 0 Å². The second kappa shape index (κ2) is 17.7. The summed E-state index contributed by atoms with van der Waals surface area (Å²) in [5.74, 6) is -4.92. The summed E-state index contributed by atoms with van der Waals surface area (Å²) >= 11 is 16.3. The lowest BCUT2D eigenvalue weighted by Gasteiger charge is -2.26. The number of thiol groups is 1. The van der Waals surface area contributed by atoms with E-state index in [0.29, 0.717) is 16.5 Å². The van der Waals surface area contributed by atoms with Crippen LogP contribution in [0, 0.1) is 5.92 Å². The molecule has 17 heteroatoms. The summed E-state index contributed by atoms with van der Waals surface area (Å²) in [6.07, 6.45) is -0.731. The Morgan fingerprint density at radius 1 is 0.977 bits per heavy atom. The van der Waals surface area contributed by atoms with Crippen molar-refractivity contribution >= 4 is 77.4 Å². The fourth-order valence-electron chi connectivity index (χ4n) is 4.19. The molecule has 1 aromatic rings. The second-order valence-corrected chi connectivity index (χ2v) is 11.7. The maximum atomic E-state index is 13.2. The van der Waals surface area contributed by atoms with Crippen molar-refractivity contribution in [3.63, 3.8) is 0 Å². The van der Waals surface area contributed by atoms with Gasteiger partial charge >= 0.3 is 12.0 Å². The van der Waals surface area contributed by atoms with Crippen LogP contribution in [-0.4, -0.2) is 83.1 Å². The number of benzene rings is 1. The molecule has 1 saturated heterocycles. The zero-order valence-electron chi connectivity index (χ0n) is 24.1. The van der Waals surface area contributed by atoms with E-state index in [4.69, 9.17) is 28.3 Å². The molecule has 1 aromatic carbocycles. The molecule has 1 aliphatic rings. The van der Waals surface area contributed by atoms with E-state index in [2.05, 4.69) is 39.2 Å². The van der Waals surface area contributed by atoms with Crippen LogP contribution < -0.4 is 31.9 Å². The summed E-state index contributed by atoms with van der Waals surface area (Å²) in [4.78, 5) is 86.1. The van der Waals surface area contributed by atoms with Gasteiger partial charge in [0.05, 0.1) is 6.42 Å². The number of urea groups is 1. The fourth-order valence-corrected chi connectivity index (χ4v) is 4.95. The van der Waals surface area contributed by atoms with E-state index >= 15 is 0 Å². The Kier molecular flexibility index (Phi) is 14.7. The normalized spacial score (nSPS) is 16.3. The summed E-state index contributed by atoms with van der Waals surface area (Å²) in [5.41, 5.74) is 0.767. The lowest BCUT2D eigenvalue weighted by Crippen LogP contribution is -2.57. The first-order valence-corrected chi connectivity index (χ1v) is 15.1. The highest BCUT2D eigenvalue weighted by atomic mass is 35.5. The molecule has 1 aliphatic heterocycles. The SMILES string of the molecule is CC(C)C[C@H](NC(=O)[C@H](CCC(=O)O)NC(=O)CC1NC(=O)NC1=O)C(=O)N[C@@H](CS)C(=O)NCCc1ccc(Cl)cc1Cl. The van der Waals surface area contributed by atoms with Crippen LogP contribution in [0.15, 0.2) is 18.2 Å². The van der Waals surface area contributed by atoms with Gasteiger partial charge in [0.1, 0.15) is 24.2 Å². The largest absolute Gasteiger partial charge is 0.481 e. The van der Waals surface area contributed by atoms with Crippen LogP contribution in [0.4, 0.5) is 4.79 Å². The fraction of sp³-hybridized carbons (Fsp3) is 0.519. The summed E-state index contributed by atoms with van der Waals surface area (Å²) in [6.45, 7) is 3.83. The third-order valence-electron chi connectivity index (χ3n) is 6.41. The molecule has 1 fully saturated rings. The zero-order valence-corrected chi connectivity index (χ0v) is 26.5. The van der Waals surface area contributed by atoms with Gasteiger partial charge in [-0.3, -0.25) is 34.1 Å². The van der Waals surface area contributed by atoms with Crippen molar-refractivity contribution < 1.29 is 38.7 Å². The Morgan fingerprint density at radius 3 is 2.20 bits per heavy atom. The van der Waals surface area contributed by atoms with E-state index in [9.17, 15) is 33.6 Å². The number of carbonyl (C=O) groups excluding carboxylic acids is 6. The van der Waals surface area contributed by atoms with Crippen molar-refractivity contribution in [2.45, 2.75) is 70.1 Å². The van der Waals surface area contributed by atoms with E-state index in [1.54, 1.807) is 18.2 Å². The topological polar surface area (TPSA) is 212 Å². The molecule has 1 unspecified atom stereocenters. The van der Waals surface area contributed by atoms with Crippen LogP contribution in [-0.2, 0) is 35.2 Å². The first-order chi connectivity index (χ1) is 20.7. The minimum absolute atomic E-state index is 0.0514. The molecular weight excluding hydrogens is 639 g/mol. The Bertz CT molecular complexity index is 1270. The van der Waals surface area contributed by atoms with Crippen molar-refractivity contribution in [2.24, 2.45) is 5.92 Å². The monoisotopic (exact) mass is 674 g/mol. The summed E-state index contributed by atoms with van der Waals surface area (Å²) in [6, 6.07) is -0.482. The molecule has 1 heterocycles. The molecule has 0 radical (unpaired) electrons. The number of aliphatic carboxylic acids is 1. The molecule has 2 rings (SSSR count). The van der Waals surface area contributed by atoms with E-state index in [1.807, 2.05) is 19.2 Å². The molecule has 0 bridgehead atoms. The van der Waals surface area contributed by atoms with Crippen molar-refractivity contribution in [3.05, 3.63) is 33.8 Å². The Morgan fingerprint density at radius 2 is 1.64 bits per heavy atom. The third-order valence-corrected chi connectivity index (χ3v) is 7.36. The lowest BCUT2D eigenvalue weighted by molar-refractivity contribution is -0.138. The molecule has 0 aliphatic carbocycles. The van der Waals surface area contributed by atoms with Crippen molar-refractivity contribution in [2.75, 3.05) is 12.3 Å². The number of carboxylic acid groups (broad SMARTS) is 1. The molecule has 4 atom stereocenters. The predicted molar refractivity (Wildman–Crippen MR) is 164 cm³/mol. The molecule has 44 heavy (non-hydrogen) atoms. The Labute approximate surface area is 269 Å². The minimum atomic E-state index is -1.37. The molecule has 242 valence electrons. The maximum absolute atomic E-state index is 13.2. The summed E-state index contributed by atoms with van der Waals surface area (Å²) in [5, 5.41) is 24.5. The molecule has 7 N–H and O–H groups in total.